The summed E-state index contributed by atoms with van der Waals surface area (Å²) in [5.74, 6) is -2.24. The first kappa shape index (κ1) is 23.7. The van der Waals surface area contributed by atoms with Crippen molar-refractivity contribution in [2.24, 2.45) is 16.9 Å². The number of fused-ring (bicyclic) bond motifs is 1. The van der Waals surface area contributed by atoms with Gasteiger partial charge in [-0.15, -0.1) is 0 Å². The van der Waals surface area contributed by atoms with Gasteiger partial charge in [0.1, 0.15) is 6.07 Å². The molecule has 41 heavy (non-hydrogen) atoms. The van der Waals surface area contributed by atoms with E-state index in [0.717, 1.165) is 32.5 Å². The second-order valence-electron chi connectivity index (χ2n) is 10.5. The van der Waals surface area contributed by atoms with Crippen LogP contribution in [0, 0.1) is 23.2 Å². The Hall–Kier alpha value is -5.13. The number of rotatable bonds is 4. The number of imide groups is 1. The zero-order chi connectivity index (χ0) is 27.7. The predicted octanol–water partition coefficient (Wildman–Crippen LogP) is 5.82. The largest absolute Gasteiger partial charge is 0.274 e. The second kappa shape index (κ2) is 8.68. The molecule has 1 saturated heterocycles. The molecule has 1 N–H and O–H groups in total. The van der Waals surface area contributed by atoms with Gasteiger partial charge in [-0.3, -0.25) is 15.0 Å². The van der Waals surface area contributed by atoms with Gasteiger partial charge in [0.2, 0.25) is 16.9 Å². The molecule has 8 heteroatoms. The minimum atomic E-state index is -1.00. The number of carbonyl (C=O) groups excluding carboxylic acids is 2. The molecule has 2 heterocycles. The van der Waals surface area contributed by atoms with Gasteiger partial charge >= 0.3 is 0 Å². The molecule has 1 aromatic heterocycles. The fourth-order valence-electron chi connectivity index (χ4n) is 7.16. The van der Waals surface area contributed by atoms with Gasteiger partial charge in [-0.1, -0.05) is 84.1 Å². The van der Waals surface area contributed by atoms with Crippen LogP contribution in [0.1, 0.15) is 33.7 Å². The Balaban J connectivity index is 1.33. The van der Waals surface area contributed by atoms with Crippen molar-refractivity contribution >= 4 is 50.4 Å². The van der Waals surface area contributed by atoms with Crippen LogP contribution in [0.25, 0.3) is 10.2 Å². The summed E-state index contributed by atoms with van der Waals surface area (Å²) < 4.78 is 1.04. The normalized spacial score (nSPS) is 23.9. The number of benzene rings is 4. The maximum absolute atomic E-state index is 14.5. The molecule has 3 aliphatic carbocycles. The summed E-state index contributed by atoms with van der Waals surface area (Å²) in [7, 11) is 0. The minimum absolute atomic E-state index is 0.282. The summed E-state index contributed by atoms with van der Waals surface area (Å²) in [5.41, 5.74) is 7.59. The molecule has 4 aromatic carbocycles. The highest BCUT2D eigenvalue weighted by Crippen LogP contribution is 2.63. The number of nitrogens with zero attached hydrogens (tertiary/aromatic N) is 4. The fourth-order valence-corrected chi connectivity index (χ4v) is 7.98. The van der Waals surface area contributed by atoms with Crippen molar-refractivity contribution in [2.75, 3.05) is 10.3 Å². The van der Waals surface area contributed by atoms with Crippen molar-refractivity contribution in [1.29, 1.82) is 5.26 Å². The van der Waals surface area contributed by atoms with Gasteiger partial charge in [0, 0.05) is 12.1 Å². The average Bonchev–Trinajstić information content (AvgIpc) is 3.55. The molecule has 1 aliphatic heterocycles. The lowest BCUT2D eigenvalue weighted by molar-refractivity contribution is -0.122. The Labute approximate surface area is 239 Å². The zero-order valence-corrected chi connectivity index (χ0v) is 22.4. The molecular weight excluding hydrogens is 530 g/mol. The molecule has 1 fully saturated rings. The van der Waals surface area contributed by atoms with Crippen molar-refractivity contribution in [1.82, 2.24) is 4.98 Å². The highest BCUT2D eigenvalue weighted by Gasteiger charge is 2.68. The third-order valence-corrected chi connectivity index (χ3v) is 9.61. The third-order valence-electron chi connectivity index (χ3n) is 8.67. The number of hydrogen-bond acceptors (Lipinski definition) is 7. The van der Waals surface area contributed by atoms with Gasteiger partial charge in [0.25, 0.3) is 0 Å². The first-order valence-corrected chi connectivity index (χ1v) is 14.2. The lowest BCUT2D eigenvalue weighted by Gasteiger charge is -2.52. The number of nitriles is 1. The maximum Gasteiger partial charge on any atom is 0.239 e. The zero-order valence-electron chi connectivity index (χ0n) is 21.6. The van der Waals surface area contributed by atoms with Crippen LogP contribution in [0.3, 0.4) is 0 Å². The number of amides is 2. The molecule has 2 amide bonds. The molecule has 0 spiro atoms. The van der Waals surface area contributed by atoms with E-state index in [1.807, 2.05) is 60.7 Å². The van der Waals surface area contributed by atoms with Crippen LogP contribution >= 0.6 is 11.3 Å². The summed E-state index contributed by atoms with van der Waals surface area (Å²) in [6, 6.07) is 32.9. The van der Waals surface area contributed by atoms with Crippen LogP contribution in [0.4, 0.5) is 10.8 Å². The smallest absolute Gasteiger partial charge is 0.239 e. The Kier molecular flexibility index (Phi) is 5.03. The molecular formula is C33H21N5O2S. The molecule has 9 rings (SSSR count). The molecule has 0 radical (unpaired) electrons. The molecule has 5 aromatic rings. The Morgan fingerprint density at radius 3 is 2.27 bits per heavy atom. The lowest BCUT2D eigenvalue weighted by atomic mass is 9.47. The quantitative estimate of drug-likeness (QED) is 0.173. The molecule has 2 bridgehead atoms. The number of hydrogen-bond donors (Lipinski definition) is 1. The number of hydrazone groups is 1. The number of nitrogens with one attached hydrogen (secondary N) is 1. The van der Waals surface area contributed by atoms with Gasteiger partial charge in [-0.05, 0) is 46.5 Å². The van der Waals surface area contributed by atoms with E-state index in [1.54, 1.807) is 30.5 Å². The summed E-state index contributed by atoms with van der Waals surface area (Å²) in [6.45, 7) is 0. The SMILES string of the molecule is N#Cc1ccccc1N1C(=O)C2C3c4ccccc4C(/C=N/Nc4nc5ccccc5s4)(c4ccccc43)C2C1=O. The molecule has 196 valence electrons. The first-order chi connectivity index (χ1) is 20.1. The van der Waals surface area contributed by atoms with Crippen LogP contribution in [-0.4, -0.2) is 23.0 Å². The van der Waals surface area contributed by atoms with Gasteiger partial charge in [-0.2, -0.15) is 10.4 Å². The predicted molar refractivity (Wildman–Crippen MR) is 158 cm³/mol. The van der Waals surface area contributed by atoms with E-state index >= 15 is 0 Å². The molecule has 2 unspecified atom stereocenters. The van der Waals surface area contributed by atoms with Crippen molar-refractivity contribution < 1.29 is 9.59 Å². The number of carbonyl (C=O) groups is 2. The van der Waals surface area contributed by atoms with Crippen LogP contribution in [0.15, 0.2) is 102 Å². The van der Waals surface area contributed by atoms with E-state index in [0.29, 0.717) is 10.8 Å². The second-order valence-corrected chi connectivity index (χ2v) is 11.6. The maximum atomic E-state index is 14.5. The van der Waals surface area contributed by atoms with E-state index in [1.165, 1.54) is 16.2 Å². The van der Waals surface area contributed by atoms with Crippen molar-refractivity contribution in [3.63, 3.8) is 0 Å². The summed E-state index contributed by atoms with van der Waals surface area (Å²) in [5, 5.41) is 15.2. The fraction of sp³-hybridized carbons (Fsp3) is 0.121. The highest BCUT2D eigenvalue weighted by atomic mass is 32.1. The average molecular weight is 552 g/mol. The van der Waals surface area contributed by atoms with Crippen LogP contribution in [-0.2, 0) is 15.0 Å². The van der Waals surface area contributed by atoms with E-state index in [2.05, 4.69) is 28.6 Å². The van der Waals surface area contributed by atoms with Gasteiger partial charge in [0.15, 0.2) is 0 Å². The Morgan fingerprint density at radius 2 is 1.54 bits per heavy atom. The van der Waals surface area contributed by atoms with Gasteiger partial charge < -0.3 is 0 Å². The molecule has 4 aliphatic rings. The minimum Gasteiger partial charge on any atom is -0.274 e. The lowest BCUT2D eigenvalue weighted by Crippen LogP contribution is -2.54. The Bertz CT molecular complexity index is 1910. The Morgan fingerprint density at radius 1 is 0.878 bits per heavy atom. The van der Waals surface area contributed by atoms with Crippen LogP contribution in [0.2, 0.25) is 0 Å². The van der Waals surface area contributed by atoms with Crippen LogP contribution < -0.4 is 10.3 Å². The number of thiazole rings is 1. The number of para-hydroxylation sites is 2. The van der Waals surface area contributed by atoms with Crippen LogP contribution in [0.5, 0.6) is 0 Å². The van der Waals surface area contributed by atoms with E-state index < -0.39 is 17.3 Å². The monoisotopic (exact) mass is 551 g/mol. The molecule has 2 atom stereocenters. The third kappa shape index (κ3) is 3.12. The van der Waals surface area contributed by atoms with E-state index in [9.17, 15) is 14.9 Å². The molecule has 0 saturated carbocycles. The summed E-state index contributed by atoms with van der Waals surface area (Å²) >= 11 is 1.50. The van der Waals surface area contributed by atoms with E-state index in [-0.39, 0.29) is 23.3 Å². The van der Waals surface area contributed by atoms with E-state index in [4.69, 9.17) is 5.10 Å². The number of aromatic nitrogens is 1. The topological polar surface area (TPSA) is 98.4 Å². The highest BCUT2D eigenvalue weighted by molar-refractivity contribution is 7.22. The first-order valence-electron chi connectivity index (χ1n) is 13.3. The van der Waals surface area contributed by atoms with Crippen molar-refractivity contribution in [3.05, 3.63) is 125 Å². The van der Waals surface area contributed by atoms with Gasteiger partial charge in [0.05, 0.1) is 38.7 Å². The van der Waals surface area contributed by atoms with Crippen molar-refractivity contribution in [3.8, 4) is 6.07 Å². The van der Waals surface area contributed by atoms with Gasteiger partial charge in [-0.25, -0.2) is 9.88 Å². The van der Waals surface area contributed by atoms with Crippen molar-refractivity contribution in [2.45, 2.75) is 11.3 Å². The summed E-state index contributed by atoms with van der Waals surface area (Å²) in [4.78, 5) is 34.7. The summed E-state index contributed by atoms with van der Waals surface area (Å²) in [6.07, 6.45) is 1.80. The standard InChI is InChI=1S/C33H21N5O2S/c34-17-19-9-1-7-15-25(19)38-30(39)28-27-20-10-2-4-12-22(20)33(29(28)31(38)40,23-13-5-3-11-21(23)27)18-35-37-32-36-24-14-6-8-16-26(24)41-32/h1-16,18,27-29H,(H,36,37)/b35-18+. The molecule has 7 nitrogen and oxygen atoms in total. The number of anilines is 2.